The molecule has 0 saturated carbocycles. The van der Waals surface area contributed by atoms with Crippen molar-refractivity contribution in [1.29, 1.82) is 0 Å². The topological polar surface area (TPSA) is 73.9 Å². The first kappa shape index (κ1) is 17.9. The van der Waals surface area contributed by atoms with Gasteiger partial charge in [0.1, 0.15) is 12.0 Å². The van der Waals surface area contributed by atoms with E-state index in [9.17, 15) is 4.79 Å². The van der Waals surface area contributed by atoms with Crippen LogP contribution in [0.3, 0.4) is 0 Å². The van der Waals surface area contributed by atoms with E-state index in [0.717, 1.165) is 48.0 Å². The number of urea groups is 1. The third-order valence-corrected chi connectivity index (χ3v) is 6.13. The van der Waals surface area contributed by atoms with E-state index < -0.39 is 0 Å². The molecule has 3 heterocycles. The molecule has 2 amide bonds. The fourth-order valence-electron chi connectivity index (χ4n) is 4.57. The van der Waals surface area contributed by atoms with Crippen LogP contribution in [0, 0.1) is 6.92 Å². The van der Waals surface area contributed by atoms with E-state index in [1.165, 1.54) is 16.7 Å². The first-order chi connectivity index (χ1) is 14.2. The van der Waals surface area contributed by atoms with Crippen molar-refractivity contribution < 1.29 is 4.79 Å². The van der Waals surface area contributed by atoms with Gasteiger partial charge in [0.05, 0.1) is 11.7 Å². The van der Waals surface area contributed by atoms with Crippen molar-refractivity contribution >= 4 is 22.6 Å². The van der Waals surface area contributed by atoms with E-state index in [1.807, 2.05) is 11.1 Å². The summed E-state index contributed by atoms with van der Waals surface area (Å²) in [6.07, 6.45) is 9.72. The fraction of sp³-hybridized carbons (Fsp3) is 0.348. The highest BCUT2D eigenvalue weighted by Crippen LogP contribution is 2.31. The first-order valence-corrected chi connectivity index (χ1v) is 10.3. The minimum Gasteiger partial charge on any atom is -0.346 e. The van der Waals surface area contributed by atoms with Gasteiger partial charge in [-0.25, -0.2) is 14.8 Å². The Labute approximate surface area is 170 Å². The van der Waals surface area contributed by atoms with Crippen LogP contribution in [0.1, 0.15) is 47.7 Å². The maximum absolute atomic E-state index is 12.9. The first-order valence-electron chi connectivity index (χ1n) is 10.3. The van der Waals surface area contributed by atoms with Crippen LogP contribution in [-0.2, 0) is 6.42 Å². The Morgan fingerprint density at radius 3 is 3.00 bits per heavy atom. The highest BCUT2D eigenvalue weighted by Gasteiger charge is 2.25. The second-order valence-electron chi connectivity index (χ2n) is 7.94. The SMILES string of the molecule is Cc1c[nH]c2ncnc(C3=CCN(C(=O)NC4CCCc5ccccc54)CC3)c12. The number of nitrogens with one attached hydrogen (secondary N) is 2. The molecule has 1 aromatic carbocycles. The molecule has 5 rings (SSSR count). The molecular weight excluding hydrogens is 362 g/mol. The molecule has 148 valence electrons. The zero-order valence-corrected chi connectivity index (χ0v) is 16.6. The van der Waals surface area contributed by atoms with Crippen LogP contribution in [0.2, 0.25) is 0 Å². The summed E-state index contributed by atoms with van der Waals surface area (Å²) >= 11 is 0. The molecule has 1 aliphatic heterocycles. The van der Waals surface area contributed by atoms with Crippen molar-refractivity contribution in [1.82, 2.24) is 25.2 Å². The van der Waals surface area contributed by atoms with E-state index in [0.29, 0.717) is 13.1 Å². The Morgan fingerprint density at radius 2 is 2.14 bits per heavy atom. The number of fused-ring (bicyclic) bond motifs is 2. The Morgan fingerprint density at radius 1 is 1.24 bits per heavy atom. The molecular formula is C23H25N5O. The molecule has 29 heavy (non-hydrogen) atoms. The number of aryl methyl sites for hydroxylation is 2. The van der Waals surface area contributed by atoms with E-state index in [-0.39, 0.29) is 12.1 Å². The number of aromatic nitrogens is 3. The summed E-state index contributed by atoms with van der Waals surface area (Å²) in [6, 6.07) is 8.60. The van der Waals surface area contributed by atoms with Crippen molar-refractivity contribution in [2.45, 2.75) is 38.6 Å². The summed E-state index contributed by atoms with van der Waals surface area (Å²) in [6.45, 7) is 3.36. The molecule has 1 atom stereocenters. The van der Waals surface area contributed by atoms with Gasteiger partial charge in [-0.2, -0.15) is 0 Å². The van der Waals surface area contributed by atoms with Gasteiger partial charge < -0.3 is 15.2 Å². The Bertz CT molecular complexity index is 1100. The van der Waals surface area contributed by atoms with Crippen molar-refractivity contribution in [2.75, 3.05) is 13.1 Å². The van der Waals surface area contributed by atoms with Crippen LogP contribution >= 0.6 is 0 Å². The van der Waals surface area contributed by atoms with Gasteiger partial charge in [-0.3, -0.25) is 0 Å². The monoisotopic (exact) mass is 387 g/mol. The third-order valence-electron chi connectivity index (χ3n) is 6.13. The standard InChI is InChI=1S/C23H25N5O/c1-15-13-24-22-20(15)21(25-14-26-22)17-9-11-28(12-10-17)23(29)27-19-8-4-6-16-5-2-3-7-18(16)19/h2-3,5,7,9,13-14,19H,4,6,8,10-12H2,1H3,(H,27,29)(H,24,25,26). The summed E-state index contributed by atoms with van der Waals surface area (Å²) in [5.74, 6) is 0. The molecule has 1 aliphatic carbocycles. The van der Waals surface area contributed by atoms with Crippen molar-refractivity contribution in [3.05, 3.63) is 65.2 Å². The second kappa shape index (κ2) is 7.35. The van der Waals surface area contributed by atoms with Crippen LogP contribution in [0.5, 0.6) is 0 Å². The minimum absolute atomic E-state index is 0.0210. The number of carbonyl (C=O) groups excluding carboxylic acids is 1. The number of rotatable bonds is 2. The van der Waals surface area contributed by atoms with E-state index in [2.05, 4.69) is 57.5 Å². The third kappa shape index (κ3) is 3.28. The molecule has 0 saturated heterocycles. The average Bonchev–Trinajstić information content (AvgIpc) is 3.15. The van der Waals surface area contributed by atoms with Crippen molar-refractivity contribution in [3.8, 4) is 0 Å². The fourth-order valence-corrected chi connectivity index (χ4v) is 4.57. The summed E-state index contributed by atoms with van der Waals surface area (Å²) in [5.41, 5.74) is 6.81. The summed E-state index contributed by atoms with van der Waals surface area (Å²) in [5, 5.41) is 4.34. The zero-order valence-electron chi connectivity index (χ0n) is 16.6. The predicted molar refractivity (Wildman–Crippen MR) is 113 cm³/mol. The molecule has 0 spiro atoms. The van der Waals surface area contributed by atoms with Gasteiger partial charge in [0.2, 0.25) is 0 Å². The lowest BCUT2D eigenvalue weighted by Crippen LogP contribution is -2.44. The highest BCUT2D eigenvalue weighted by atomic mass is 16.2. The number of benzene rings is 1. The molecule has 0 fully saturated rings. The van der Waals surface area contributed by atoms with Crippen molar-refractivity contribution in [3.63, 3.8) is 0 Å². The number of aromatic amines is 1. The molecule has 2 aliphatic rings. The number of hydrogen-bond donors (Lipinski definition) is 2. The number of H-pyrrole nitrogens is 1. The molecule has 6 heteroatoms. The van der Waals surface area contributed by atoms with E-state index in [4.69, 9.17) is 0 Å². The lowest BCUT2D eigenvalue weighted by atomic mass is 9.88. The molecule has 1 unspecified atom stereocenters. The van der Waals surface area contributed by atoms with Gasteiger partial charge in [0.25, 0.3) is 0 Å². The van der Waals surface area contributed by atoms with Gasteiger partial charge in [-0.1, -0.05) is 30.3 Å². The molecule has 2 N–H and O–H groups in total. The van der Waals surface area contributed by atoms with Gasteiger partial charge in [0.15, 0.2) is 0 Å². The summed E-state index contributed by atoms with van der Waals surface area (Å²) < 4.78 is 0. The van der Waals surface area contributed by atoms with E-state index >= 15 is 0 Å². The van der Waals surface area contributed by atoms with Crippen LogP contribution in [0.25, 0.3) is 16.6 Å². The van der Waals surface area contributed by atoms with Gasteiger partial charge in [-0.15, -0.1) is 0 Å². The van der Waals surface area contributed by atoms with Crippen LogP contribution < -0.4 is 5.32 Å². The Balaban J connectivity index is 1.31. The van der Waals surface area contributed by atoms with E-state index in [1.54, 1.807) is 6.33 Å². The number of nitrogens with zero attached hydrogens (tertiary/aromatic N) is 3. The molecule has 3 aromatic rings. The number of hydrogen-bond acceptors (Lipinski definition) is 3. The number of carbonyl (C=O) groups is 1. The summed E-state index contributed by atoms with van der Waals surface area (Å²) in [4.78, 5) is 26.8. The second-order valence-corrected chi connectivity index (χ2v) is 7.94. The maximum atomic E-state index is 12.9. The molecule has 0 bridgehead atoms. The normalized spacial score (nSPS) is 19.0. The number of amides is 2. The zero-order chi connectivity index (χ0) is 19.8. The Kier molecular flexibility index (Phi) is 4.54. The van der Waals surface area contributed by atoms with Gasteiger partial charge >= 0.3 is 6.03 Å². The van der Waals surface area contributed by atoms with Crippen molar-refractivity contribution in [2.24, 2.45) is 0 Å². The molecule has 6 nitrogen and oxygen atoms in total. The maximum Gasteiger partial charge on any atom is 0.318 e. The summed E-state index contributed by atoms with van der Waals surface area (Å²) in [7, 11) is 0. The quantitative estimate of drug-likeness (QED) is 0.694. The predicted octanol–water partition coefficient (Wildman–Crippen LogP) is 4.14. The van der Waals surface area contributed by atoms with Gasteiger partial charge in [-0.05, 0) is 54.9 Å². The largest absolute Gasteiger partial charge is 0.346 e. The van der Waals surface area contributed by atoms with Crippen LogP contribution in [-0.4, -0.2) is 39.0 Å². The lowest BCUT2D eigenvalue weighted by molar-refractivity contribution is 0.197. The smallest absolute Gasteiger partial charge is 0.318 e. The Hall–Kier alpha value is -3.15. The van der Waals surface area contributed by atoms with Gasteiger partial charge in [0, 0.05) is 24.7 Å². The molecule has 2 aromatic heterocycles. The average molecular weight is 387 g/mol. The lowest BCUT2D eigenvalue weighted by Gasteiger charge is -2.31. The minimum atomic E-state index is 0.0210. The highest BCUT2D eigenvalue weighted by molar-refractivity contribution is 5.91. The molecule has 0 radical (unpaired) electrons. The van der Waals surface area contributed by atoms with Crippen LogP contribution in [0.4, 0.5) is 4.79 Å². The van der Waals surface area contributed by atoms with Crippen LogP contribution in [0.15, 0.2) is 42.9 Å².